The fourth-order valence-electron chi connectivity index (χ4n) is 6.02. The smallest absolute Gasteiger partial charge is 0.387 e. The molecule has 2 aliphatic rings. The van der Waals surface area contributed by atoms with Gasteiger partial charge in [0, 0.05) is 23.7 Å². The monoisotopic (exact) mass is 498 g/mol. The van der Waals surface area contributed by atoms with Gasteiger partial charge < -0.3 is 5.32 Å². The highest BCUT2D eigenvalue weighted by Gasteiger charge is 2.52. The van der Waals surface area contributed by atoms with Crippen LogP contribution in [0.15, 0.2) is 60.8 Å². The number of benzene rings is 2. The van der Waals surface area contributed by atoms with Crippen LogP contribution in [0.5, 0.6) is 0 Å². The van der Waals surface area contributed by atoms with E-state index in [-0.39, 0.29) is 24.3 Å². The molecule has 0 radical (unpaired) electrons. The van der Waals surface area contributed by atoms with Gasteiger partial charge in [0.15, 0.2) is 0 Å². The van der Waals surface area contributed by atoms with Crippen molar-refractivity contribution < 1.29 is 13.2 Å². The first-order valence-corrected chi connectivity index (χ1v) is 13.4. The van der Waals surface area contributed by atoms with Gasteiger partial charge in [0.2, 0.25) is 0 Å². The molecule has 2 nitrogen and oxygen atoms in total. The van der Waals surface area contributed by atoms with Gasteiger partial charge in [-0.1, -0.05) is 86.0 Å². The van der Waals surface area contributed by atoms with E-state index in [1.54, 1.807) is 0 Å². The van der Waals surface area contributed by atoms with Gasteiger partial charge in [-0.25, -0.2) is 0 Å². The zero-order chi connectivity index (χ0) is 26.0. The summed E-state index contributed by atoms with van der Waals surface area (Å²) < 4.78 is 41.0. The van der Waals surface area contributed by atoms with E-state index >= 15 is 0 Å². The minimum Gasteiger partial charge on any atom is -0.387 e. The lowest BCUT2D eigenvalue weighted by Gasteiger charge is -2.44. The first-order chi connectivity index (χ1) is 17.0. The molecule has 0 spiro atoms. The lowest BCUT2D eigenvalue weighted by molar-refractivity contribution is -0.232. The van der Waals surface area contributed by atoms with Gasteiger partial charge in [0.05, 0.1) is 5.41 Å². The average Bonchev–Trinajstić information content (AvgIpc) is 3.34. The minimum atomic E-state index is -4.15. The Morgan fingerprint density at radius 3 is 1.97 bits per heavy atom. The Morgan fingerprint density at radius 1 is 0.917 bits per heavy atom. The van der Waals surface area contributed by atoms with Crippen LogP contribution < -0.4 is 5.32 Å². The fourth-order valence-corrected chi connectivity index (χ4v) is 6.02. The minimum absolute atomic E-state index is 0.0706. The van der Waals surface area contributed by atoms with E-state index in [1.807, 2.05) is 0 Å². The highest BCUT2D eigenvalue weighted by atomic mass is 19.4. The SMILES string of the molecule is C=C(NCC(Cc1ccc(C)cc1)N1CCC(C)(C(F)(F)F)CC1)C1(c2ccc(C)cc2)CCCC1. The van der Waals surface area contributed by atoms with Crippen LogP contribution in [0.2, 0.25) is 0 Å². The molecule has 1 saturated heterocycles. The van der Waals surface area contributed by atoms with Crippen LogP contribution in [-0.4, -0.2) is 36.8 Å². The Morgan fingerprint density at radius 2 is 1.44 bits per heavy atom. The number of nitrogens with one attached hydrogen (secondary N) is 1. The zero-order valence-corrected chi connectivity index (χ0v) is 22.1. The molecule has 36 heavy (non-hydrogen) atoms. The Balaban J connectivity index is 1.50. The summed E-state index contributed by atoms with van der Waals surface area (Å²) in [4.78, 5) is 2.26. The van der Waals surface area contributed by atoms with Gasteiger partial charge in [-0.15, -0.1) is 0 Å². The first kappa shape index (κ1) is 26.8. The largest absolute Gasteiger partial charge is 0.394 e. The number of rotatable bonds is 8. The van der Waals surface area contributed by atoms with Gasteiger partial charge in [-0.05, 0) is 70.2 Å². The van der Waals surface area contributed by atoms with E-state index in [4.69, 9.17) is 0 Å². The molecule has 4 rings (SSSR count). The van der Waals surface area contributed by atoms with Crippen molar-refractivity contribution in [3.63, 3.8) is 0 Å². The Bertz CT molecular complexity index is 1010. The first-order valence-electron chi connectivity index (χ1n) is 13.4. The molecule has 1 unspecified atom stereocenters. The molecule has 1 atom stereocenters. The second kappa shape index (κ2) is 10.6. The van der Waals surface area contributed by atoms with Crippen molar-refractivity contribution in [2.45, 2.75) is 83.4 Å². The second-order valence-electron chi connectivity index (χ2n) is 11.5. The molecule has 2 aromatic rings. The molecule has 0 amide bonds. The van der Waals surface area contributed by atoms with Gasteiger partial charge in [-0.3, -0.25) is 4.90 Å². The third-order valence-corrected chi connectivity index (χ3v) is 8.88. The molecule has 0 bridgehead atoms. The molecule has 2 aromatic carbocycles. The van der Waals surface area contributed by atoms with E-state index in [2.05, 4.69) is 79.2 Å². The molecule has 196 valence electrons. The number of alkyl halides is 3. The average molecular weight is 499 g/mol. The highest BCUT2D eigenvalue weighted by molar-refractivity contribution is 5.37. The Kier molecular flexibility index (Phi) is 7.89. The fraction of sp³-hybridized carbons (Fsp3) is 0.548. The predicted octanol–water partition coefficient (Wildman–Crippen LogP) is 7.49. The van der Waals surface area contributed by atoms with Crippen molar-refractivity contribution >= 4 is 0 Å². The Hall–Kier alpha value is -2.27. The number of halogens is 3. The molecule has 1 heterocycles. The number of piperidine rings is 1. The molecular formula is C31H41F3N2. The molecular weight excluding hydrogens is 457 g/mol. The van der Waals surface area contributed by atoms with Gasteiger partial charge in [0.1, 0.15) is 0 Å². The van der Waals surface area contributed by atoms with E-state index in [0.29, 0.717) is 19.6 Å². The summed E-state index contributed by atoms with van der Waals surface area (Å²) in [6, 6.07) is 17.4. The van der Waals surface area contributed by atoms with Gasteiger partial charge in [-0.2, -0.15) is 13.2 Å². The van der Waals surface area contributed by atoms with Crippen molar-refractivity contribution in [3.05, 3.63) is 83.1 Å². The lowest BCUT2D eigenvalue weighted by atomic mass is 9.76. The van der Waals surface area contributed by atoms with Crippen LogP contribution >= 0.6 is 0 Å². The standard InChI is InChI=1S/C31H41F3N2/c1-23-7-11-26(12-8-23)21-28(36-19-17-29(4,18-20-36)31(32,33)34)22-35-25(3)30(15-5-6-16-30)27-13-9-24(2)10-14-27/h7-14,28,35H,3,5-6,15-22H2,1-2,4H3. The van der Waals surface area contributed by atoms with Crippen LogP contribution in [0.3, 0.4) is 0 Å². The van der Waals surface area contributed by atoms with Crippen LogP contribution in [0.4, 0.5) is 13.2 Å². The summed E-state index contributed by atoms with van der Waals surface area (Å²) in [5, 5.41) is 3.70. The molecule has 5 heteroatoms. The summed E-state index contributed by atoms with van der Waals surface area (Å²) in [5.74, 6) is 0. The highest BCUT2D eigenvalue weighted by Crippen LogP contribution is 2.47. The van der Waals surface area contributed by atoms with Crippen molar-refractivity contribution in [3.8, 4) is 0 Å². The molecule has 1 saturated carbocycles. The third kappa shape index (κ3) is 5.66. The molecule has 0 aromatic heterocycles. The summed E-state index contributed by atoms with van der Waals surface area (Å²) in [5.41, 5.74) is 4.39. The quantitative estimate of drug-likeness (QED) is 0.405. The van der Waals surface area contributed by atoms with Crippen molar-refractivity contribution in [1.29, 1.82) is 0 Å². The van der Waals surface area contributed by atoms with Crippen LogP contribution in [0.1, 0.15) is 67.7 Å². The van der Waals surface area contributed by atoms with E-state index in [0.717, 1.165) is 25.0 Å². The van der Waals surface area contributed by atoms with Crippen molar-refractivity contribution in [2.75, 3.05) is 19.6 Å². The molecule has 2 fully saturated rings. The molecule has 1 aliphatic carbocycles. The number of hydrogen-bond donors (Lipinski definition) is 1. The number of hydrogen-bond acceptors (Lipinski definition) is 2. The second-order valence-corrected chi connectivity index (χ2v) is 11.5. The summed E-state index contributed by atoms with van der Waals surface area (Å²) in [7, 11) is 0. The maximum atomic E-state index is 13.7. The van der Waals surface area contributed by atoms with E-state index in [1.165, 1.54) is 42.0 Å². The van der Waals surface area contributed by atoms with Gasteiger partial charge in [0.25, 0.3) is 0 Å². The topological polar surface area (TPSA) is 15.3 Å². The summed E-state index contributed by atoms with van der Waals surface area (Å²) in [6.07, 6.45) is 1.48. The molecule has 1 N–H and O–H groups in total. The van der Waals surface area contributed by atoms with Crippen LogP contribution in [0, 0.1) is 19.3 Å². The lowest BCUT2D eigenvalue weighted by Crippen LogP contribution is -2.52. The van der Waals surface area contributed by atoms with E-state index in [9.17, 15) is 13.2 Å². The third-order valence-electron chi connectivity index (χ3n) is 8.88. The maximum Gasteiger partial charge on any atom is 0.394 e. The number of allylic oxidation sites excluding steroid dienone is 1. The van der Waals surface area contributed by atoms with Crippen molar-refractivity contribution in [1.82, 2.24) is 10.2 Å². The van der Waals surface area contributed by atoms with Crippen LogP contribution in [0.25, 0.3) is 0 Å². The number of nitrogens with zero attached hydrogens (tertiary/aromatic N) is 1. The summed E-state index contributed by atoms with van der Waals surface area (Å²) >= 11 is 0. The molecule has 1 aliphatic heterocycles. The van der Waals surface area contributed by atoms with Crippen molar-refractivity contribution in [2.24, 2.45) is 5.41 Å². The Labute approximate surface area is 215 Å². The predicted molar refractivity (Wildman–Crippen MR) is 142 cm³/mol. The zero-order valence-electron chi connectivity index (χ0n) is 22.1. The number of aryl methyl sites for hydroxylation is 2. The van der Waals surface area contributed by atoms with Crippen LogP contribution in [-0.2, 0) is 11.8 Å². The summed E-state index contributed by atoms with van der Waals surface area (Å²) in [6.45, 7) is 11.7. The van der Waals surface area contributed by atoms with Gasteiger partial charge >= 0.3 is 6.18 Å². The number of likely N-dealkylation sites (tertiary alicyclic amines) is 1. The maximum absolute atomic E-state index is 13.7. The normalized spacial score (nSPS) is 20.7. The van der Waals surface area contributed by atoms with E-state index < -0.39 is 11.6 Å².